The van der Waals surface area contributed by atoms with Gasteiger partial charge in [-0.2, -0.15) is 0 Å². The zero-order valence-corrected chi connectivity index (χ0v) is 13.0. The Morgan fingerprint density at radius 2 is 1.90 bits per heavy atom. The predicted octanol–water partition coefficient (Wildman–Crippen LogP) is 2.39. The second kappa shape index (κ2) is 5.24. The topological polar surface area (TPSA) is 54.3 Å². The number of aromatic nitrogens is 1. The molecular formula is C16H26N2O2. The zero-order valence-electron chi connectivity index (χ0n) is 13.0. The van der Waals surface area contributed by atoms with Crippen molar-refractivity contribution in [1.82, 2.24) is 9.88 Å². The van der Waals surface area contributed by atoms with E-state index < -0.39 is 5.60 Å². The molecule has 2 N–H and O–H groups in total. The number of carbonyl (C=O) groups is 1. The molecule has 0 spiro atoms. The first-order valence-electron chi connectivity index (χ1n) is 7.35. The summed E-state index contributed by atoms with van der Waals surface area (Å²) in [6.45, 7) is 6.77. The van der Waals surface area contributed by atoms with Crippen molar-refractivity contribution in [2.24, 2.45) is 12.5 Å². The van der Waals surface area contributed by atoms with E-state index in [1.54, 1.807) is 0 Å². The van der Waals surface area contributed by atoms with E-state index in [1.807, 2.05) is 30.7 Å². The molecule has 0 radical (unpaired) electrons. The van der Waals surface area contributed by atoms with Crippen LogP contribution in [0.1, 0.15) is 55.7 Å². The third-order valence-electron chi connectivity index (χ3n) is 4.72. The van der Waals surface area contributed by atoms with Gasteiger partial charge in [0.2, 0.25) is 0 Å². The maximum atomic E-state index is 12.1. The van der Waals surface area contributed by atoms with Gasteiger partial charge in [0.05, 0.1) is 5.60 Å². The second-order valence-corrected chi connectivity index (χ2v) is 6.99. The molecule has 112 valence electrons. The molecule has 0 unspecified atom stereocenters. The number of nitrogens with zero attached hydrogens (tertiary/aromatic N) is 1. The zero-order chi connectivity index (χ0) is 15.0. The smallest absolute Gasteiger partial charge is 0.268 e. The summed E-state index contributed by atoms with van der Waals surface area (Å²) >= 11 is 0. The van der Waals surface area contributed by atoms with Crippen LogP contribution in [0.4, 0.5) is 0 Å². The molecule has 4 heteroatoms. The average molecular weight is 278 g/mol. The molecule has 1 amide bonds. The number of hydrogen-bond acceptors (Lipinski definition) is 2. The van der Waals surface area contributed by atoms with Crippen LogP contribution in [0.2, 0.25) is 0 Å². The van der Waals surface area contributed by atoms with Crippen LogP contribution in [-0.2, 0) is 7.05 Å². The standard InChI is InChI=1S/C16H26N2O2/c1-12-5-6-13(18(12)4)14(19)17-11-16(20)9-7-15(2,3)8-10-16/h5-6,20H,7-11H2,1-4H3,(H,17,19). The molecule has 20 heavy (non-hydrogen) atoms. The van der Waals surface area contributed by atoms with Crippen molar-refractivity contribution in [3.63, 3.8) is 0 Å². The Morgan fingerprint density at radius 1 is 1.30 bits per heavy atom. The first kappa shape index (κ1) is 15.1. The highest BCUT2D eigenvalue weighted by atomic mass is 16.3. The summed E-state index contributed by atoms with van der Waals surface area (Å²) in [6.07, 6.45) is 3.52. The van der Waals surface area contributed by atoms with Gasteiger partial charge in [0, 0.05) is 19.3 Å². The number of carbonyl (C=O) groups excluding carboxylic acids is 1. The summed E-state index contributed by atoms with van der Waals surface area (Å²) in [5.41, 5.74) is 1.26. The Balaban J connectivity index is 1.92. The van der Waals surface area contributed by atoms with E-state index in [0.717, 1.165) is 31.4 Å². The molecule has 0 atom stereocenters. The van der Waals surface area contributed by atoms with Crippen LogP contribution in [0, 0.1) is 12.3 Å². The van der Waals surface area contributed by atoms with Crippen LogP contribution in [0.3, 0.4) is 0 Å². The largest absolute Gasteiger partial charge is 0.388 e. The van der Waals surface area contributed by atoms with E-state index in [-0.39, 0.29) is 5.91 Å². The Hall–Kier alpha value is -1.29. The van der Waals surface area contributed by atoms with Gasteiger partial charge in [0.15, 0.2) is 0 Å². The molecule has 0 saturated heterocycles. The van der Waals surface area contributed by atoms with Crippen LogP contribution >= 0.6 is 0 Å². The van der Waals surface area contributed by atoms with Crippen LogP contribution in [0.25, 0.3) is 0 Å². The van der Waals surface area contributed by atoms with Crippen LogP contribution < -0.4 is 5.32 Å². The maximum absolute atomic E-state index is 12.1. The fourth-order valence-electron chi connectivity index (χ4n) is 2.75. The van der Waals surface area contributed by atoms with E-state index in [2.05, 4.69) is 19.2 Å². The normalized spacial score (nSPS) is 20.6. The molecule has 1 aliphatic carbocycles. The number of aryl methyl sites for hydroxylation is 1. The van der Waals surface area contributed by atoms with Crippen molar-refractivity contribution in [2.45, 2.75) is 52.1 Å². The minimum Gasteiger partial charge on any atom is -0.388 e. The molecule has 1 heterocycles. The van der Waals surface area contributed by atoms with Gasteiger partial charge in [-0.1, -0.05) is 13.8 Å². The van der Waals surface area contributed by atoms with E-state index in [4.69, 9.17) is 0 Å². The van der Waals surface area contributed by atoms with Crippen LogP contribution in [-0.4, -0.2) is 27.7 Å². The van der Waals surface area contributed by atoms with Gasteiger partial charge in [-0.3, -0.25) is 4.79 Å². The van der Waals surface area contributed by atoms with E-state index in [0.29, 0.717) is 17.7 Å². The number of aliphatic hydroxyl groups is 1. The first-order valence-corrected chi connectivity index (χ1v) is 7.35. The lowest BCUT2D eigenvalue weighted by Gasteiger charge is -2.40. The van der Waals surface area contributed by atoms with E-state index in [9.17, 15) is 9.90 Å². The number of rotatable bonds is 3. The van der Waals surface area contributed by atoms with Crippen molar-refractivity contribution in [3.05, 3.63) is 23.5 Å². The van der Waals surface area contributed by atoms with E-state index >= 15 is 0 Å². The maximum Gasteiger partial charge on any atom is 0.268 e. The predicted molar refractivity (Wildman–Crippen MR) is 79.7 cm³/mol. The summed E-state index contributed by atoms with van der Waals surface area (Å²) in [4.78, 5) is 12.1. The summed E-state index contributed by atoms with van der Waals surface area (Å²) in [6, 6.07) is 3.74. The van der Waals surface area contributed by atoms with Crippen LogP contribution in [0.5, 0.6) is 0 Å². The van der Waals surface area contributed by atoms with Crippen molar-refractivity contribution in [3.8, 4) is 0 Å². The molecule has 1 saturated carbocycles. The molecule has 0 aliphatic heterocycles. The highest BCUT2D eigenvalue weighted by Crippen LogP contribution is 2.39. The Kier molecular flexibility index (Phi) is 3.96. The van der Waals surface area contributed by atoms with Crippen molar-refractivity contribution in [2.75, 3.05) is 6.54 Å². The minimum absolute atomic E-state index is 0.112. The van der Waals surface area contributed by atoms with Gasteiger partial charge in [-0.25, -0.2) is 0 Å². The molecule has 0 bridgehead atoms. The van der Waals surface area contributed by atoms with Gasteiger partial charge in [0.25, 0.3) is 5.91 Å². The molecule has 1 aromatic rings. The molecule has 1 fully saturated rings. The Labute approximate surface area is 121 Å². The monoisotopic (exact) mass is 278 g/mol. The summed E-state index contributed by atoms with van der Waals surface area (Å²) < 4.78 is 1.86. The Morgan fingerprint density at radius 3 is 2.40 bits per heavy atom. The summed E-state index contributed by atoms with van der Waals surface area (Å²) in [5, 5.41) is 13.4. The van der Waals surface area contributed by atoms with Crippen molar-refractivity contribution in [1.29, 1.82) is 0 Å². The number of nitrogens with one attached hydrogen (secondary N) is 1. The molecule has 0 aromatic carbocycles. The van der Waals surface area contributed by atoms with Gasteiger partial charge in [0.1, 0.15) is 5.69 Å². The molecule has 1 aromatic heterocycles. The SMILES string of the molecule is Cc1ccc(C(=O)NCC2(O)CCC(C)(C)CC2)n1C. The van der Waals surface area contributed by atoms with Gasteiger partial charge in [-0.15, -0.1) is 0 Å². The van der Waals surface area contributed by atoms with Gasteiger partial charge >= 0.3 is 0 Å². The fraction of sp³-hybridized carbons (Fsp3) is 0.688. The third-order valence-corrected chi connectivity index (χ3v) is 4.72. The first-order chi connectivity index (χ1) is 9.22. The number of hydrogen-bond donors (Lipinski definition) is 2. The summed E-state index contributed by atoms with van der Waals surface area (Å²) in [5.74, 6) is -0.112. The lowest BCUT2D eigenvalue weighted by molar-refractivity contribution is -0.0233. The highest BCUT2D eigenvalue weighted by molar-refractivity contribution is 5.92. The van der Waals surface area contributed by atoms with Gasteiger partial charge in [-0.05, 0) is 50.2 Å². The second-order valence-electron chi connectivity index (χ2n) is 6.99. The lowest BCUT2D eigenvalue weighted by atomic mass is 9.71. The minimum atomic E-state index is -0.745. The fourth-order valence-corrected chi connectivity index (χ4v) is 2.75. The van der Waals surface area contributed by atoms with Crippen molar-refractivity contribution < 1.29 is 9.90 Å². The molecule has 1 aliphatic rings. The third kappa shape index (κ3) is 3.23. The lowest BCUT2D eigenvalue weighted by Crippen LogP contribution is -2.46. The van der Waals surface area contributed by atoms with Crippen molar-refractivity contribution >= 4 is 5.91 Å². The molecule has 4 nitrogen and oxygen atoms in total. The van der Waals surface area contributed by atoms with Gasteiger partial charge < -0.3 is 15.0 Å². The molecular weight excluding hydrogens is 252 g/mol. The van der Waals surface area contributed by atoms with E-state index in [1.165, 1.54) is 0 Å². The quantitative estimate of drug-likeness (QED) is 0.892. The average Bonchev–Trinajstić information content (AvgIpc) is 2.72. The number of amides is 1. The Bertz CT molecular complexity index is 493. The van der Waals surface area contributed by atoms with Crippen LogP contribution in [0.15, 0.2) is 12.1 Å². The summed E-state index contributed by atoms with van der Waals surface area (Å²) in [7, 11) is 1.88. The highest BCUT2D eigenvalue weighted by Gasteiger charge is 2.36. The molecule has 2 rings (SSSR count).